The number of hydrogen-bond donors (Lipinski definition) is 1. The molecule has 170 valence electrons. The third kappa shape index (κ3) is 4.45. The summed E-state index contributed by atoms with van der Waals surface area (Å²) in [6.45, 7) is 6.57. The lowest BCUT2D eigenvalue weighted by atomic mass is 10.00. The second-order valence-corrected chi connectivity index (χ2v) is 9.80. The van der Waals surface area contributed by atoms with E-state index in [0.717, 1.165) is 53.3 Å². The molecular formula is C25H28N6OS. The van der Waals surface area contributed by atoms with Crippen molar-refractivity contribution in [3.8, 4) is 0 Å². The summed E-state index contributed by atoms with van der Waals surface area (Å²) in [5.74, 6) is 2.80. The summed E-state index contributed by atoms with van der Waals surface area (Å²) >= 11 is 1.94. The summed E-state index contributed by atoms with van der Waals surface area (Å²) in [5, 5.41) is 13.8. The van der Waals surface area contributed by atoms with Crippen LogP contribution in [-0.2, 0) is 13.0 Å². The van der Waals surface area contributed by atoms with Gasteiger partial charge in [-0.2, -0.15) is 11.8 Å². The smallest absolute Gasteiger partial charge is 0.253 e. The van der Waals surface area contributed by atoms with Gasteiger partial charge in [0, 0.05) is 36.7 Å². The maximum absolute atomic E-state index is 13.4. The molecule has 33 heavy (non-hydrogen) atoms. The number of H-pyrrole nitrogens is 1. The molecule has 8 heteroatoms. The number of aromatic amines is 1. The highest BCUT2D eigenvalue weighted by atomic mass is 32.2. The number of hydrogen-bond acceptors (Lipinski definition) is 6. The Morgan fingerprint density at radius 1 is 1.09 bits per heavy atom. The molecule has 2 aromatic heterocycles. The molecular weight excluding hydrogens is 432 g/mol. The van der Waals surface area contributed by atoms with Crippen molar-refractivity contribution < 1.29 is 0 Å². The lowest BCUT2D eigenvalue weighted by molar-refractivity contribution is 0.233. The SMILES string of the molecule is Cc1ccc2cc([C@@H](c3nnnn3CCc3ccccc3)N3CCSCC3)c(=O)[nH]c2c1C. The van der Waals surface area contributed by atoms with Gasteiger partial charge < -0.3 is 4.98 Å². The second-order valence-electron chi connectivity index (χ2n) is 8.57. The van der Waals surface area contributed by atoms with Gasteiger partial charge in [-0.05, 0) is 58.8 Å². The predicted octanol–water partition coefficient (Wildman–Crippen LogP) is 3.51. The molecule has 0 radical (unpaired) electrons. The van der Waals surface area contributed by atoms with E-state index in [-0.39, 0.29) is 11.6 Å². The van der Waals surface area contributed by atoms with E-state index in [1.807, 2.05) is 40.7 Å². The first kappa shape index (κ1) is 21.9. The van der Waals surface area contributed by atoms with Gasteiger partial charge in [0.25, 0.3) is 5.56 Å². The van der Waals surface area contributed by atoms with Crippen molar-refractivity contribution in [1.29, 1.82) is 0 Å². The van der Waals surface area contributed by atoms with E-state index in [0.29, 0.717) is 12.1 Å². The van der Waals surface area contributed by atoms with Gasteiger partial charge in [0.15, 0.2) is 5.82 Å². The first-order valence-electron chi connectivity index (χ1n) is 11.4. The largest absolute Gasteiger partial charge is 0.321 e. The van der Waals surface area contributed by atoms with Crippen molar-refractivity contribution in [2.24, 2.45) is 0 Å². The van der Waals surface area contributed by atoms with Crippen LogP contribution in [0.5, 0.6) is 0 Å². The highest BCUT2D eigenvalue weighted by Crippen LogP contribution is 2.30. The van der Waals surface area contributed by atoms with Gasteiger partial charge in [-0.15, -0.1) is 5.10 Å². The lowest BCUT2D eigenvalue weighted by Crippen LogP contribution is -2.40. The molecule has 0 spiro atoms. The summed E-state index contributed by atoms with van der Waals surface area (Å²) in [6, 6.07) is 16.3. The Bertz CT molecular complexity index is 1310. The maximum atomic E-state index is 13.4. The molecule has 0 aliphatic carbocycles. The Hall–Kier alpha value is -2.97. The van der Waals surface area contributed by atoms with Crippen LogP contribution in [0.1, 0.15) is 34.1 Å². The van der Waals surface area contributed by atoms with Crippen LogP contribution in [0.4, 0.5) is 0 Å². The third-order valence-corrected chi connectivity index (χ3v) is 7.49. The van der Waals surface area contributed by atoms with Gasteiger partial charge in [-0.1, -0.05) is 42.5 Å². The minimum atomic E-state index is -0.286. The van der Waals surface area contributed by atoms with Crippen LogP contribution in [0.25, 0.3) is 10.9 Å². The van der Waals surface area contributed by atoms with E-state index < -0.39 is 0 Å². The van der Waals surface area contributed by atoms with E-state index in [1.165, 1.54) is 11.1 Å². The number of benzene rings is 2. The van der Waals surface area contributed by atoms with Crippen molar-refractivity contribution in [3.05, 3.63) is 87.0 Å². The average molecular weight is 461 g/mol. The van der Waals surface area contributed by atoms with Gasteiger partial charge in [0.1, 0.15) is 6.04 Å². The van der Waals surface area contributed by atoms with Crippen LogP contribution in [0.15, 0.2) is 53.3 Å². The standard InChI is InChI=1S/C25H28N6OS/c1-17-8-9-20-16-21(25(32)26-22(20)18(17)2)23(30-12-14-33-15-13-30)24-27-28-29-31(24)11-10-19-6-4-3-5-7-19/h3-9,16,23H,10-15H2,1-2H3,(H,26,32)/t23-/m0/s1. The minimum absolute atomic E-state index is 0.0722. The normalized spacial score (nSPS) is 15.7. The molecule has 0 bridgehead atoms. The fourth-order valence-corrected chi connectivity index (χ4v) is 5.46. The number of rotatable bonds is 6. The zero-order chi connectivity index (χ0) is 22.8. The maximum Gasteiger partial charge on any atom is 0.253 e. The molecule has 0 amide bonds. The van der Waals surface area contributed by atoms with Crippen LogP contribution in [0.2, 0.25) is 0 Å². The Morgan fingerprint density at radius 2 is 1.88 bits per heavy atom. The number of pyridine rings is 1. The van der Waals surface area contributed by atoms with E-state index in [2.05, 4.69) is 63.5 Å². The Morgan fingerprint density at radius 3 is 2.67 bits per heavy atom. The van der Waals surface area contributed by atoms with Crippen molar-refractivity contribution in [3.63, 3.8) is 0 Å². The molecule has 1 fully saturated rings. The summed E-state index contributed by atoms with van der Waals surface area (Å²) in [4.78, 5) is 18.9. The predicted molar refractivity (Wildman–Crippen MR) is 133 cm³/mol. The zero-order valence-corrected chi connectivity index (χ0v) is 19.8. The van der Waals surface area contributed by atoms with E-state index in [1.54, 1.807) is 0 Å². The minimum Gasteiger partial charge on any atom is -0.321 e. The van der Waals surface area contributed by atoms with E-state index >= 15 is 0 Å². The first-order chi connectivity index (χ1) is 16.1. The fourth-order valence-electron chi connectivity index (χ4n) is 4.53. The molecule has 5 rings (SSSR count). The fraction of sp³-hybridized carbons (Fsp3) is 0.360. The zero-order valence-electron chi connectivity index (χ0n) is 19.0. The molecule has 1 saturated heterocycles. The van der Waals surface area contributed by atoms with Gasteiger partial charge in [-0.25, -0.2) is 4.68 Å². The van der Waals surface area contributed by atoms with E-state index in [9.17, 15) is 4.79 Å². The number of nitrogens with one attached hydrogen (secondary N) is 1. The monoisotopic (exact) mass is 460 g/mol. The average Bonchev–Trinajstić information content (AvgIpc) is 3.31. The Balaban J connectivity index is 1.57. The van der Waals surface area contributed by atoms with Crippen molar-refractivity contribution in [2.45, 2.75) is 32.9 Å². The molecule has 2 aromatic carbocycles. The van der Waals surface area contributed by atoms with Crippen molar-refractivity contribution >= 4 is 22.7 Å². The van der Waals surface area contributed by atoms with Gasteiger partial charge in [0.05, 0.1) is 5.52 Å². The highest BCUT2D eigenvalue weighted by molar-refractivity contribution is 7.99. The quantitative estimate of drug-likeness (QED) is 0.474. The summed E-state index contributed by atoms with van der Waals surface area (Å²) in [6.07, 6.45) is 0.827. The van der Waals surface area contributed by atoms with Crippen molar-refractivity contribution in [1.82, 2.24) is 30.1 Å². The molecule has 0 unspecified atom stereocenters. The molecule has 1 aliphatic heterocycles. The second kappa shape index (κ2) is 9.49. The van der Waals surface area contributed by atoms with Crippen LogP contribution in [-0.4, -0.2) is 54.7 Å². The molecule has 1 N–H and O–H groups in total. The number of aromatic nitrogens is 5. The number of aryl methyl sites for hydroxylation is 4. The highest BCUT2D eigenvalue weighted by Gasteiger charge is 2.31. The van der Waals surface area contributed by atoms with Crippen LogP contribution >= 0.6 is 11.8 Å². The summed E-state index contributed by atoms with van der Waals surface area (Å²) in [5.41, 5.74) is 5.04. The van der Waals surface area contributed by atoms with Crippen LogP contribution in [0.3, 0.4) is 0 Å². The van der Waals surface area contributed by atoms with Crippen LogP contribution in [0, 0.1) is 13.8 Å². The molecule has 0 saturated carbocycles. The molecule has 1 aliphatic rings. The number of nitrogens with zero attached hydrogens (tertiary/aromatic N) is 5. The first-order valence-corrected chi connectivity index (χ1v) is 12.5. The summed E-state index contributed by atoms with van der Waals surface area (Å²) < 4.78 is 1.86. The topological polar surface area (TPSA) is 79.7 Å². The van der Waals surface area contributed by atoms with Crippen LogP contribution < -0.4 is 5.56 Å². The van der Waals surface area contributed by atoms with Gasteiger partial charge >= 0.3 is 0 Å². The summed E-state index contributed by atoms with van der Waals surface area (Å²) in [7, 11) is 0. The molecule has 1 atom stereocenters. The lowest BCUT2D eigenvalue weighted by Gasteiger charge is -2.33. The third-order valence-electron chi connectivity index (χ3n) is 6.54. The van der Waals surface area contributed by atoms with Gasteiger partial charge in [-0.3, -0.25) is 9.69 Å². The Labute approximate surface area is 197 Å². The Kier molecular flexibility index (Phi) is 6.28. The molecule has 4 aromatic rings. The van der Waals surface area contributed by atoms with Crippen molar-refractivity contribution in [2.75, 3.05) is 24.6 Å². The number of tetrazole rings is 1. The van der Waals surface area contributed by atoms with Gasteiger partial charge in [0.2, 0.25) is 0 Å². The number of fused-ring (bicyclic) bond motifs is 1. The number of thioether (sulfide) groups is 1. The van der Waals surface area contributed by atoms with E-state index in [4.69, 9.17) is 0 Å². The molecule has 7 nitrogen and oxygen atoms in total. The molecule has 3 heterocycles.